The van der Waals surface area contributed by atoms with Gasteiger partial charge in [-0.25, -0.2) is 0 Å². The Kier molecular flexibility index (Phi) is 8.17. The average Bonchev–Trinajstić information content (AvgIpc) is 2.18. The molecule has 90 valence electrons. The maximum atomic E-state index is 10.3. The molecule has 0 aromatic heterocycles. The second-order valence-corrected chi connectivity index (χ2v) is 3.53. The molecule has 0 aliphatic rings. The molecular formula is C13H20O3. The predicted molar refractivity (Wildman–Crippen MR) is 64.3 cm³/mol. The lowest BCUT2D eigenvalue weighted by molar-refractivity contribution is -0.147. The van der Waals surface area contributed by atoms with E-state index in [0.29, 0.717) is 6.61 Å². The zero-order valence-corrected chi connectivity index (χ0v) is 10.4. The first-order valence-corrected chi connectivity index (χ1v) is 5.24. The lowest BCUT2D eigenvalue weighted by atomic mass is 10.2. The maximum absolute atomic E-state index is 10.3. The van der Waals surface area contributed by atoms with Crippen molar-refractivity contribution >= 4 is 5.97 Å². The second kappa shape index (κ2) is 8.92. The van der Waals surface area contributed by atoms with Crippen molar-refractivity contribution in [3.8, 4) is 0 Å². The smallest absolute Gasteiger partial charge is 0.302 e. The quantitative estimate of drug-likeness (QED) is 0.740. The highest BCUT2D eigenvalue weighted by atomic mass is 16.6. The molecule has 0 saturated heterocycles. The number of ether oxygens (including phenoxy) is 2. The highest BCUT2D eigenvalue weighted by Crippen LogP contribution is 1.92. The van der Waals surface area contributed by atoms with E-state index in [-0.39, 0.29) is 12.1 Å². The Labute approximate surface area is 97.4 Å². The van der Waals surface area contributed by atoms with Gasteiger partial charge in [-0.2, -0.15) is 0 Å². The van der Waals surface area contributed by atoms with E-state index < -0.39 is 0 Å². The minimum atomic E-state index is -0.264. The van der Waals surface area contributed by atoms with Crippen LogP contribution in [0.25, 0.3) is 0 Å². The Morgan fingerprint density at radius 2 is 1.88 bits per heavy atom. The number of carbonyl (C=O) groups is 1. The summed E-state index contributed by atoms with van der Waals surface area (Å²) >= 11 is 0. The maximum Gasteiger partial charge on any atom is 0.302 e. The molecule has 3 heteroatoms. The molecule has 1 unspecified atom stereocenters. The standard InChI is InChI=1S/C7H8.C6H12O3/c1-7-5-3-2-4-6-7;1-5(4-8-3)9-6(2)7/h2-6H,1H3;5H,4H2,1-3H3. The normalized spacial score (nSPS) is 11.0. The summed E-state index contributed by atoms with van der Waals surface area (Å²) in [7, 11) is 1.57. The number of methoxy groups -OCH3 is 1. The van der Waals surface area contributed by atoms with Crippen molar-refractivity contribution in [2.24, 2.45) is 0 Å². The fourth-order valence-electron chi connectivity index (χ4n) is 1.09. The van der Waals surface area contributed by atoms with E-state index >= 15 is 0 Å². The second-order valence-electron chi connectivity index (χ2n) is 3.53. The Morgan fingerprint density at radius 3 is 2.19 bits per heavy atom. The molecule has 0 saturated carbocycles. The summed E-state index contributed by atoms with van der Waals surface area (Å²) in [5.74, 6) is -0.264. The topological polar surface area (TPSA) is 35.5 Å². The molecule has 0 amide bonds. The van der Waals surface area contributed by atoms with Gasteiger partial charge in [0.2, 0.25) is 0 Å². The number of carbonyl (C=O) groups excluding carboxylic acids is 1. The molecule has 1 atom stereocenters. The molecule has 0 heterocycles. The summed E-state index contributed by atoms with van der Waals surface area (Å²) in [6.07, 6.45) is -0.132. The molecule has 0 fully saturated rings. The van der Waals surface area contributed by atoms with Crippen LogP contribution in [0.15, 0.2) is 30.3 Å². The van der Waals surface area contributed by atoms with Gasteiger partial charge in [-0.3, -0.25) is 4.79 Å². The molecule has 1 aromatic carbocycles. The highest BCUT2D eigenvalue weighted by Gasteiger charge is 2.02. The Bertz CT molecular complexity index is 282. The average molecular weight is 224 g/mol. The van der Waals surface area contributed by atoms with Gasteiger partial charge in [-0.1, -0.05) is 35.9 Å². The van der Waals surface area contributed by atoms with E-state index in [1.165, 1.54) is 12.5 Å². The number of aryl methyl sites for hydroxylation is 1. The SMILES string of the molecule is COCC(C)OC(C)=O.Cc1ccccc1. The Morgan fingerprint density at radius 1 is 1.31 bits per heavy atom. The minimum Gasteiger partial charge on any atom is -0.460 e. The van der Waals surface area contributed by atoms with Gasteiger partial charge in [0.05, 0.1) is 6.61 Å². The first-order chi connectivity index (χ1) is 7.56. The zero-order chi connectivity index (χ0) is 12.4. The predicted octanol–water partition coefficient (Wildman–Crippen LogP) is 2.58. The fraction of sp³-hybridized carbons (Fsp3) is 0.462. The summed E-state index contributed by atoms with van der Waals surface area (Å²) in [4.78, 5) is 10.3. The summed E-state index contributed by atoms with van der Waals surface area (Å²) in [5.41, 5.74) is 1.32. The highest BCUT2D eigenvalue weighted by molar-refractivity contribution is 5.66. The van der Waals surface area contributed by atoms with Gasteiger partial charge in [0.25, 0.3) is 0 Å². The zero-order valence-electron chi connectivity index (χ0n) is 10.4. The Hall–Kier alpha value is -1.35. The first-order valence-electron chi connectivity index (χ1n) is 5.24. The molecule has 0 N–H and O–H groups in total. The first kappa shape index (κ1) is 14.6. The van der Waals surface area contributed by atoms with E-state index in [9.17, 15) is 4.79 Å². The molecule has 16 heavy (non-hydrogen) atoms. The van der Waals surface area contributed by atoms with Gasteiger partial charge >= 0.3 is 5.97 Å². The minimum absolute atomic E-state index is 0.132. The van der Waals surface area contributed by atoms with Gasteiger partial charge in [0.15, 0.2) is 0 Å². The number of esters is 1. The number of hydrogen-bond donors (Lipinski definition) is 0. The molecule has 0 bridgehead atoms. The van der Waals surface area contributed by atoms with Crippen LogP contribution >= 0.6 is 0 Å². The van der Waals surface area contributed by atoms with Crippen molar-refractivity contribution in [3.05, 3.63) is 35.9 Å². The van der Waals surface area contributed by atoms with Gasteiger partial charge in [-0.05, 0) is 13.8 Å². The van der Waals surface area contributed by atoms with Crippen LogP contribution < -0.4 is 0 Å². The van der Waals surface area contributed by atoms with E-state index in [1.807, 2.05) is 18.2 Å². The number of benzene rings is 1. The van der Waals surface area contributed by atoms with E-state index in [4.69, 9.17) is 9.47 Å². The molecule has 0 aliphatic heterocycles. The third-order valence-electron chi connectivity index (χ3n) is 1.71. The monoisotopic (exact) mass is 224 g/mol. The van der Waals surface area contributed by atoms with Crippen LogP contribution in [0.3, 0.4) is 0 Å². The molecular weight excluding hydrogens is 204 g/mol. The van der Waals surface area contributed by atoms with Crippen molar-refractivity contribution in [1.29, 1.82) is 0 Å². The number of rotatable bonds is 3. The van der Waals surface area contributed by atoms with Crippen LogP contribution in [0.1, 0.15) is 19.4 Å². The van der Waals surface area contributed by atoms with Crippen LogP contribution in [0.4, 0.5) is 0 Å². The molecule has 1 rings (SSSR count). The lowest BCUT2D eigenvalue weighted by Gasteiger charge is -2.08. The van der Waals surface area contributed by atoms with Gasteiger partial charge in [-0.15, -0.1) is 0 Å². The van der Waals surface area contributed by atoms with Gasteiger partial charge in [0, 0.05) is 14.0 Å². The van der Waals surface area contributed by atoms with Crippen molar-refractivity contribution in [2.45, 2.75) is 26.9 Å². The molecule has 3 nitrogen and oxygen atoms in total. The summed E-state index contributed by atoms with van der Waals surface area (Å²) in [5, 5.41) is 0. The summed E-state index contributed by atoms with van der Waals surface area (Å²) in [6, 6.07) is 10.3. The van der Waals surface area contributed by atoms with Crippen molar-refractivity contribution in [3.63, 3.8) is 0 Å². The van der Waals surface area contributed by atoms with Crippen LogP contribution in [0, 0.1) is 6.92 Å². The van der Waals surface area contributed by atoms with Gasteiger partial charge in [0.1, 0.15) is 6.10 Å². The van der Waals surface area contributed by atoms with Crippen LogP contribution in [-0.2, 0) is 14.3 Å². The third-order valence-corrected chi connectivity index (χ3v) is 1.71. The molecule has 1 aromatic rings. The van der Waals surface area contributed by atoms with E-state index in [2.05, 4.69) is 19.1 Å². The summed E-state index contributed by atoms with van der Waals surface area (Å²) in [6.45, 7) is 5.70. The fourth-order valence-corrected chi connectivity index (χ4v) is 1.09. The largest absolute Gasteiger partial charge is 0.460 e. The van der Waals surface area contributed by atoms with Crippen LogP contribution in [-0.4, -0.2) is 25.8 Å². The van der Waals surface area contributed by atoms with Crippen LogP contribution in [0.2, 0.25) is 0 Å². The summed E-state index contributed by atoms with van der Waals surface area (Å²) < 4.78 is 9.45. The molecule has 0 aliphatic carbocycles. The third kappa shape index (κ3) is 9.21. The van der Waals surface area contributed by atoms with Crippen molar-refractivity contribution in [2.75, 3.05) is 13.7 Å². The van der Waals surface area contributed by atoms with Crippen molar-refractivity contribution in [1.82, 2.24) is 0 Å². The van der Waals surface area contributed by atoms with Gasteiger partial charge < -0.3 is 9.47 Å². The van der Waals surface area contributed by atoms with E-state index in [1.54, 1.807) is 14.0 Å². The van der Waals surface area contributed by atoms with Crippen molar-refractivity contribution < 1.29 is 14.3 Å². The Balaban J connectivity index is 0.000000288. The van der Waals surface area contributed by atoms with E-state index in [0.717, 1.165) is 0 Å². The lowest BCUT2D eigenvalue weighted by Crippen LogP contribution is -2.17. The van der Waals surface area contributed by atoms with Crippen LogP contribution in [0.5, 0.6) is 0 Å². The number of hydrogen-bond acceptors (Lipinski definition) is 3. The molecule has 0 spiro atoms. The molecule has 0 radical (unpaired) electrons.